The Hall–Kier alpha value is -2.16. The molecule has 0 bridgehead atoms. The van der Waals surface area contributed by atoms with Gasteiger partial charge in [0.25, 0.3) is 0 Å². The number of halogens is 2. The van der Waals surface area contributed by atoms with Gasteiger partial charge in [-0.1, -0.05) is 37.6 Å². The summed E-state index contributed by atoms with van der Waals surface area (Å²) in [7, 11) is -3.82. The van der Waals surface area contributed by atoms with Gasteiger partial charge in [0.05, 0.1) is 15.5 Å². The van der Waals surface area contributed by atoms with Crippen LogP contribution in [0.4, 0.5) is 4.39 Å². The van der Waals surface area contributed by atoms with E-state index in [1.807, 2.05) is 0 Å². The molecule has 0 aliphatic carbocycles. The zero-order chi connectivity index (χ0) is 20.7. The maximum absolute atomic E-state index is 14.0. The minimum Gasteiger partial charge on any atom is -0.488 e. The Balaban J connectivity index is 2.06. The van der Waals surface area contributed by atoms with Crippen molar-refractivity contribution in [2.75, 3.05) is 26.3 Å². The number of sulfonamides is 1. The fourth-order valence-electron chi connectivity index (χ4n) is 2.46. The molecule has 0 heterocycles. The summed E-state index contributed by atoms with van der Waals surface area (Å²) in [5, 5.41) is 0.411. The van der Waals surface area contributed by atoms with Gasteiger partial charge < -0.3 is 9.47 Å². The fraction of sp³-hybridized carbons (Fsp3) is 0.316. The molecule has 0 saturated carbocycles. The van der Waals surface area contributed by atoms with Crippen molar-refractivity contribution in [3.8, 4) is 5.75 Å². The van der Waals surface area contributed by atoms with Gasteiger partial charge in [-0.15, -0.1) is 0 Å². The molecule has 9 heteroatoms. The van der Waals surface area contributed by atoms with Crippen LogP contribution in [-0.4, -0.2) is 45.0 Å². The minimum atomic E-state index is -3.82. The quantitative estimate of drug-likeness (QED) is 0.448. The lowest BCUT2D eigenvalue weighted by Gasteiger charge is -2.18. The number of esters is 1. The molecule has 152 valence electrons. The zero-order valence-electron chi connectivity index (χ0n) is 15.5. The highest BCUT2D eigenvalue weighted by molar-refractivity contribution is 7.89. The van der Waals surface area contributed by atoms with Crippen molar-refractivity contribution in [3.63, 3.8) is 0 Å². The summed E-state index contributed by atoms with van der Waals surface area (Å²) in [4.78, 5) is 12.0. The first-order valence-corrected chi connectivity index (χ1v) is 10.5. The van der Waals surface area contributed by atoms with E-state index in [2.05, 4.69) is 0 Å². The second-order valence-corrected chi connectivity index (χ2v) is 7.99. The first kappa shape index (κ1) is 22.1. The van der Waals surface area contributed by atoms with Crippen LogP contribution in [0.5, 0.6) is 5.75 Å². The van der Waals surface area contributed by atoms with Gasteiger partial charge in [-0.2, -0.15) is 4.31 Å². The smallest absolute Gasteiger partial charge is 0.341 e. The molecular formula is C19H21ClFNO5S. The van der Waals surface area contributed by atoms with E-state index in [0.29, 0.717) is 10.8 Å². The molecule has 0 unspecified atom stereocenters. The third-order valence-corrected chi connectivity index (χ3v) is 6.27. The molecule has 0 aliphatic heterocycles. The van der Waals surface area contributed by atoms with Gasteiger partial charge in [0.1, 0.15) is 24.8 Å². The number of nitrogens with zero attached hydrogens (tertiary/aromatic N) is 1. The van der Waals surface area contributed by atoms with Crippen LogP contribution < -0.4 is 4.74 Å². The van der Waals surface area contributed by atoms with Crippen molar-refractivity contribution >= 4 is 27.6 Å². The maximum atomic E-state index is 14.0. The number of benzene rings is 2. The first-order chi connectivity index (χ1) is 13.3. The molecule has 0 atom stereocenters. The Morgan fingerprint density at radius 2 is 1.79 bits per heavy atom. The van der Waals surface area contributed by atoms with Gasteiger partial charge in [0, 0.05) is 13.1 Å². The van der Waals surface area contributed by atoms with Crippen LogP contribution in [0.25, 0.3) is 0 Å². The van der Waals surface area contributed by atoms with Gasteiger partial charge in [0.15, 0.2) is 0 Å². The van der Waals surface area contributed by atoms with Gasteiger partial charge in [-0.05, 0) is 30.3 Å². The van der Waals surface area contributed by atoms with Crippen LogP contribution in [-0.2, 0) is 14.8 Å². The predicted octanol–water partition coefficient (Wildman–Crippen LogP) is 3.75. The maximum Gasteiger partial charge on any atom is 0.341 e. The summed E-state index contributed by atoms with van der Waals surface area (Å²) >= 11 is 5.95. The van der Waals surface area contributed by atoms with E-state index in [1.165, 1.54) is 4.31 Å². The standard InChI is InChI=1S/C19H21ClFNO5S/c1-3-22(4-2)28(24,25)14-9-10-17(21)15(13-14)19(23)27-12-11-26-18-8-6-5-7-16(18)20/h5-10,13H,3-4,11-12H2,1-2H3. The molecule has 2 aromatic carbocycles. The topological polar surface area (TPSA) is 72.9 Å². The summed E-state index contributed by atoms with van der Waals surface area (Å²) in [6, 6.07) is 9.85. The highest BCUT2D eigenvalue weighted by Gasteiger charge is 2.24. The van der Waals surface area contributed by atoms with E-state index < -0.39 is 27.4 Å². The monoisotopic (exact) mass is 429 g/mol. The number of carbonyl (C=O) groups is 1. The Labute approximate surface area is 168 Å². The largest absolute Gasteiger partial charge is 0.488 e. The first-order valence-electron chi connectivity index (χ1n) is 8.65. The summed E-state index contributed by atoms with van der Waals surface area (Å²) in [6.07, 6.45) is 0. The fourth-order valence-corrected chi connectivity index (χ4v) is 4.13. The van der Waals surface area contributed by atoms with E-state index in [1.54, 1.807) is 38.1 Å². The van der Waals surface area contributed by atoms with E-state index in [9.17, 15) is 17.6 Å². The van der Waals surface area contributed by atoms with E-state index in [-0.39, 0.29) is 31.2 Å². The predicted molar refractivity (Wildman–Crippen MR) is 104 cm³/mol. The normalized spacial score (nSPS) is 11.5. The number of carbonyl (C=O) groups excluding carboxylic acids is 1. The van der Waals surface area contributed by atoms with Crippen LogP contribution in [0.3, 0.4) is 0 Å². The Morgan fingerprint density at radius 1 is 1.11 bits per heavy atom. The van der Waals surface area contributed by atoms with Crippen molar-refractivity contribution < 1.29 is 27.1 Å². The number of ether oxygens (including phenoxy) is 2. The molecule has 0 saturated heterocycles. The van der Waals surface area contributed by atoms with Crippen molar-refractivity contribution in [1.29, 1.82) is 0 Å². The number of rotatable bonds is 9. The molecule has 0 N–H and O–H groups in total. The summed E-state index contributed by atoms with van der Waals surface area (Å²) in [5.41, 5.74) is -0.453. The highest BCUT2D eigenvalue weighted by Crippen LogP contribution is 2.23. The van der Waals surface area contributed by atoms with Crippen LogP contribution in [0.15, 0.2) is 47.4 Å². The van der Waals surface area contributed by atoms with Crippen LogP contribution in [0.1, 0.15) is 24.2 Å². The Kier molecular flexibility index (Phi) is 7.79. The molecule has 0 fully saturated rings. The lowest BCUT2D eigenvalue weighted by atomic mass is 10.2. The minimum absolute atomic E-state index is 0.00846. The molecule has 0 radical (unpaired) electrons. The van der Waals surface area contributed by atoms with E-state index >= 15 is 0 Å². The summed E-state index contributed by atoms with van der Waals surface area (Å²) in [5.74, 6) is -1.41. The zero-order valence-corrected chi connectivity index (χ0v) is 17.1. The molecule has 0 amide bonds. The summed E-state index contributed by atoms with van der Waals surface area (Å²) in [6.45, 7) is 3.76. The Morgan fingerprint density at radius 3 is 2.43 bits per heavy atom. The SMILES string of the molecule is CCN(CC)S(=O)(=O)c1ccc(F)c(C(=O)OCCOc2ccccc2Cl)c1. The van der Waals surface area contributed by atoms with E-state index in [0.717, 1.165) is 18.2 Å². The van der Waals surface area contributed by atoms with Crippen molar-refractivity contribution in [2.24, 2.45) is 0 Å². The van der Waals surface area contributed by atoms with Gasteiger partial charge in [-0.25, -0.2) is 17.6 Å². The third kappa shape index (κ3) is 5.21. The lowest BCUT2D eigenvalue weighted by molar-refractivity contribution is 0.0445. The number of para-hydroxylation sites is 1. The molecule has 2 aromatic rings. The average molecular weight is 430 g/mol. The van der Waals surface area contributed by atoms with Crippen molar-refractivity contribution in [2.45, 2.75) is 18.7 Å². The lowest BCUT2D eigenvalue weighted by Crippen LogP contribution is -2.30. The molecular weight excluding hydrogens is 409 g/mol. The average Bonchev–Trinajstić information content (AvgIpc) is 2.67. The second-order valence-electron chi connectivity index (χ2n) is 5.65. The van der Waals surface area contributed by atoms with Crippen molar-refractivity contribution in [1.82, 2.24) is 4.31 Å². The molecule has 0 aliphatic rings. The molecule has 6 nitrogen and oxygen atoms in total. The second kappa shape index (κ2) is 9.86. The molecule has 28 heavy (non-hydrogen) atoms. The van der Waals surface area contributed by atoms with Gasteiger partial charge in [0.2, 0.25) is 10.0 Å². The van der Waals surface area contributed by atoms with Crippen LogP contribution >= 0.6 is 11.6 Å². The van der Waals surface area contributed by atoms with E-state index in [4.69, 9.17) is 21.1 Å². The van der Waals surface area contributed by atoms with Crippen molar-refractivity contribution in [3.05, 3.63) is 58.9 Å². The van der Waals surface area contributed by atoms with Gasteiger partial charge in [-0.3, -0.25) is 0 Å². The molecule has 0 spiro atoms. The van der Waals surface area contributed by atoms with Gasteiger partial charge >= 0.3 is 5.97 Å². The Bertz CT molecular complexity index is 932. The number of hydrogen-bond donors (Lipinski definition) is 0. The number of hydrogen-bond acceptors (Lipinski definition) is 5. The molecule has 2 rings (SSSR count). The molecule has 0 aromatic heterocycles. The van der Waals surface area contributed by atoms with Crippen LogP contribution in [0.2, 0.25) is 5.02 Å². The summed E-state index contributed by atoms with van der Waals surface area (Å²) < 4.78 is 50.7. The third-order valence-electron chi connectivity index (χ3n) is 3.91. The van der Waals surface area contributed by atoms with Crippen LogP contribution in [0, 0.1) is 5.82 Å². The highest BCUT2D eigenvalue weighted by atomic mass is 35.5.